The third-order valence-electron chi connectivity index (χ3n) is 1.95. The average Bonchev–Trinajstić information content (AvgIpc) is 2.17. The molecule has 1 aromatic carbocycles. The van der Waals surface area contributed by atoms with Gasteiger partial charge >= 0.3 is 5.97 Å². The Morgan fingerprint density at radius 3 is 2.38 bits per heavy atom. The van der Waals surface area contributed by atoms with Crippen molar-refractivity contribution in [2.24, 2.45) is 5.84 Å². The van der Waals surface area contributed by atoms with Crippen LogP contribution in [0.5, 0.6) is 0 Å². The summed E-state index contributed by atoms with van der Waals surface area (Å²) in [5.74, 6) is 3.86. The highest BCUT2D eigenvalue weighted by molar-refractivity contribution is 5.75. The Morgan fingerprint density at radius 2 is 2.00 bits per heavy atom. The zero-order valence-corrected chi connectivity index (χ0v) is 7.32. The maximum Gasteiger partial charge on any atom is 0.310 e. The highest BCUT2D eigenvalue weighted by Gasteiger charge is 2.12. The second kappa shape index (κ2) is 3.91. The molecule has 4 nitrogen and oxygen atoms in total. The SMILES string of the molecule is CC(C(=O)O)c1ccc(NN)cc1. The number of aliphatic carboxylic acids is 1. The number of carboxylic acid groups (broad SMARTS) is 1. The molecule has 0 saturated carbocycles. The molecule has 0 aliphatic carbocycles. The number of benzene rings is 1. The summed E-state index contributed by atoms with van der Waals surface area (Å²) in [5.41, 5.74) is 4.01. The van der Waals surface area contributed by atoms with Crippen LogP contribution in [0.3, 0.4) is 0 Å². The molecule has 13 heavy (non-hydrogen) atoms. The first-order valence-electron chi connectivity index (χ1n) is 3.94. The van der Waals surface area contributed by atoms with E-state index in [1.807, 2.05) is 0 Å². The Hall–Kier alpha value is -1.55. The van der Waals surface area contributed by atoms with Crippen LogP contribution in [0.2, 0.25) is 0 Å². The smallest absolute Gasteiger partial charge is 0.310 e. The van der Waals surface area contributed by atoms with Crippen LogP contribution < -0.4 is 11.3 Å². The van der Waals surface area contributed by atoms with Crippen LogP contribution in [0.25, 0.3) is 0 Å². The number of hydrogen-bond acceptors (Lipinski definition) is 3. The molecule has 0 fully saturated rings. The largest absolute Gasteiger partial charge is 0.481 e. The van der Waals surface area contributed by atoms with Crippen molar-refractivity contribution in [3.63, 3.8) is 0 Å². The topological polar surface area (TPSA) is 75.3 Å². The van der Waals surface area contributed by atoms with E-state index >= 15 is 0 Å². The lowest BCUT2D eigenvalue weighted by atomic mass is 10.0. The molecule has 1 atom stereocenters. The van der Waals surface area contributed by atoms with Crippen molar-refractivity contribution < 1.29 is 9.90 Å². The fraction of sp³-hybridized carbons (Fsp3) is 0.222. The van der Waals surface area contributed by atoms with Crippen molar-refractivity contribution in [1.29, 1.82) is 0 Å². The number of carbonyl (C=O) groups is 1. The van der Waals surface area contributed by atoms with Gasteiger partial charge in [-0.25, -0.2) is 0 Å². The molecule has 0 heterocycles. The normalized spacial score (nSPS) is 12.2. The third-order valence-corrected chi connectivity index (χ3v) is 1.95. The predicted octanol–water partition coefficient (Wildman–Crippen LogP) is 1.16. The number of nitrogen functional groups attached to an aromatic ring is 1. The summed E-state index contributed by atoms with van der Waals surface area (Å²) < 4.78 is 0. The van der Waals surface area contributed by atoms with Crippen LogP contribution in [0.4, 0.5) is 5.69 Å². The summed E-state index contributed by atoms with van der Waals surface area (Å²) in [7, 11) is 0. The van der Waals surface area contributed by atoms with E-state index in [0.29, 0.717) is 0 Å². The van der Waals surface area contributed by atoms with Gasteiger partial charge in [-0.05, 0) is 24.6 Å². The summed E-state index contributed by atoms with van der Waals surface area (Å²) in [6, 6.07) is 6.98. The molecule has 0 aliphatic rings. The van der Waals surface area contributed by atoms with Gasteiger partial charge in [0.05, 0.1) is 5.92 Å². The summed E-state index contributed by atoms with van der Waals surface area (Å²) in [6.07, 6.45) is 0. The van der Waals surface area contributed by atoms with E-state index in [9.17, 15) is 4.79 Å². The number of anilines is 1. The molecule has 0 radical (unpaired) electrons. The van der Waals surface area contributed by atoms with Crippen LogP contribution in [-0.4, -0.2) is 11.1 Å². The van der Waals surface area contributed by atoms with Crippen molar-refractivity contribution in [2.45, 2.75) is 12.8 Å². The Kier molecular flexibility index (Phi) is 2.87. The number of hydrogen-bond donors (Lipinski definition) is 3. The Labute approximate surface area is 76.3 Å². The number of nitrogens with two attached hydrogens (primary N) is 1. The molecule has 0 spiro atoms. The first-order chi connectivity index (χ1) is 6.15. The van der Waals surface area contributed by atoms with Crippen molar-refractivity contribution >= 4 is 11.7 Å². The first kappa shape index (κ1) is 9.54. The molecule has 4 N–H and O–H groups in total. The monoisotopic (exact) mass is 180 g/mol. The van der Waals surface area contributed by atoms with Crippen LogP contribution in [-0.2, 0) is 4.79 Å². The maximum absolute atomic E-state index is 10.6. The minimum Gasteiger partial charge on any atom is -0.481 e. The zero-order chi connectivity index (χ0) is 9.84. The molecule has 1 rings (SSSR count). The predicted molar refractivity (Wildman–Crippen MR) is 50.3 cm³/mol. The van der Waals surface area contributed by atoms with E-state index in [1.54, 1.807) is 31.2 Å². The lowest BCUT2D eigenvalue weighted by Crippen LogP contribution is -2.09. The van der Waals surface area contributed by atoms with Gasteiger partial charge < -0.3 is 10.5 Å². The fourth-order valence-electron chi connectivity index (χ4n) is 1.01. The molecule has 0 amide bonds. The van der Waals surface area contributed by atoms with Crippen molar-refractivity contribution in [2.75, 3.05) is 5.43 Å². The molecule has 70 valence electrons. The molecular formula is C9H12N2O2. The van der Waals surface area contributed by atoms with Crippen LogP contribution in [0.15, 0.2) is 24.3 Å². The van der Waals surface area contributed by atoms with Crippen LogP contribution in [0, 0.1) is 0 Å². The van der Waals surface area contributed by atoms with Gasteiger partial charge in [-0.15, -0.1) is 0 Å². The fourth-order valence-corrected chi connectivity index (χ4v) is 1.01. The van der Waals surface area contributed by atoms with E-state index in [0.717, 1.165) is 11.3 Å². The minimum absolute atomic E-state index is 0.480. The molecule has 0 aromatic heterocycles. The third kappa shape index (κ3) is 2.19. The molecule has 0 aliphatic heterocycles. The Balaban J connectivity index is 2.85. The second-order valence-electron chi connectivity index (χ2n) is 2.83. The standard InChI is InChI=1S/C9H12N2O2/c1-6(9(12)13)7-2-4-8(11-10)5-3-7/h2-6,11H,10H2,1H3,(H,12,13). The summed E-state index contributed by atoms with van der Waals surface area (Å²) in [5, 5.41) is 8.72. The van der Waals surface area contributed by atoms with Gasteiger partial charge in [0.15, 0.2) is 0 Å². The molecule has 1 unspecified atom stereocenters. The van der Waals surface area contributed by atoms with Gasteiger partial charge in [-0.1, -0.05) is 12.1 Å². The number of carboxylic acids is 1. The lowest BCUT2D eigenvalue weighted by molar-refractivity contribution is -0.138. The number of nitrogens with one attached hydrogen (secondary N) is 1. The zero-order valence-electron chi connectivity index (χ0n) is 7.32. The maximum atomic E-state index is 10.6. The van der Waals surface area contributed by atoms with E-state index in [1.165, 1.54) is 0 Å². The van der Waals surface area contributed by atoms with Gasteiger partial charge in [-0.2, -0.15) is 0 Å². The highest BCUT2D eigenvalue weighted by Crippen LogP contribution is 2.17. The molecule has 4 heteroatoms. The summed E-state index contributed by atoms with van der Waals surface area (Å²) in [6.45, 7) is 1.65. The molecule has 0 bridgehead atoms. The van der Waals surface area contributed by atoms with E-state index in [-0.39, 0.29) is 0 Å². The van der Waals surface area contributed by atoms with Crippen molar-refractivity contribution in [3.8, 4) is 0 Å². The van der Waals surface area contributed by atoms with Gasteiger partial charge in [-0.3, -0.25) is 10.6 Å². The lowest BCUT2D eigenvalue weighted by Gasteiger charge is -2.06. The minimum atomic E-state index is -0.826. The first-order valence-corrected chi connectivity index (χ1v) is 3.94. The van der Waals surface area contributed by atoms with E-state index in [2.05, 4.69) is 5.43 Å². The van der Waals surface area contributed by atoms with E-state index in [4.69, 9.17) is 10.9 Å². The Bertz CT molecular complexity index is 295. The quantitative estimate of drug-likeness (QED) is 0.482. The molecule has 1 aromatic rings. The van der Waals surface area contributed by atoms with Crippen molar-refractivity contribution in [1.82, 2.24) is 0 Å². The van der Waals surface area contributed by atoms with Crippen LogP contribution in [0.1, 0.15) is 18.4 Å². The molecule has 0 saturated heterocycles. The van der Waals surface area contributed by atoms with Crippen molar-refractivity contribution in [3.05, 3.63) is 29.8 Å². The molecular weight excluding hydrogens is 168 g/mol. The highest BCUT2D eigenvalue weighted by atomic mass is 16.4. The number of hydrazine groups is 1. The van der Waals surface area contributed by atoms with Gasteiger partial charge in [0, 0.05) is 5.69 Å². The summed E-state index contributed by atoms with van der Waals surface area (Å²) >= 11 is 0. The second-order valence-corrected chi connectivity index (χ2v) is 2.83. The van der Waals surface area contributed by atoms with Gasteiger partial charge in [0.1, 0.15) is 0 Å². The summed E-state index contributed by atoms with van der Waals surface area (Å²) in [4.78, 5) is 10.6. The van der Waals surface area contributed by atoms with Crippen LogP contribution >= 0.6 is 0 Å². The van der Waals surface area contributed by atoms with E-state index < -0.39 is 11.9 Å². The van der Waals surface area contributed by atoms with Gasteiger partial charge in [0.2, 0.25) is 0 Å². The number of rotatable bonds is 3. The van der Waals surface area contributed by atoms with Gasteiger partial charge in [0.25, 0.3) is 0 Å². The average molecular weight is 180 g/mol. The Morgan fingerprint density at radius 1 is 1.46 bits per heavy atom.